The Bertz CT molecular complexity index is 689. The van der Waals surface area contributed by atoms with E-state index in [2.05, 4.69) is 20.2 Å². The molecule has 0 atom stereocenters. The van der Waals surface area contributed by atoms with Crippen LogP contribution in [0.2, 0.25) is 0 Å². The first-order valence-corrected chi connectivity index (χ1v) is 7.12. The molecule has 1 amide bonds. The van der Waals surface area contributed by atoms with Gasteiger partial charge in [-0.3, -0.25) is 9.69 Å². The van der Waals surface area contributed by atoms with Crippen LogP contribution in [0.5, 0.6) is 0 Å². The number of amides is 1. The lowest BCUT2D eigenvalue weighted by Gasteiger charge is -2.26. The first-order chi connectivity index (χ1) is 10.8. The van der Waals surface area contributed by atoms with Gasteiger partial charge in [-0.15, -0.1) is 0 Å². The molecular formula is C15H19N5O3. The van der Waals surface area contributed by atoms with Crippen molar-refractivity contribution in [2.45, 2.75) is 39.5 Å². The summed E-state index contributed by atoms with van der Waals surface area (Å²) >= 11 is 0. The Morgan fingerprint density at radius 1 is 1.22 bits per heavy atom. The van der Waals surface area contributed by atoms with Crippen LogP contribution in [0.1, 0.15) is 32.3 Å². The number of nitrogens with one attached hydrogen (secondary N) is 1. The van der Waals surface area contributed by atoms with E-state index in [4.69, 9.17) is 4.74 Å². The Labute approximate surface area is 133 Å². The van der Waals surface area contributed by atoms with Crippen LogP contribution < -0.4 is 5.56 Å². The number of carbonyl (C=O) groups is 1. The minimum absolute atomic E-state index is 0.171. The van der Waals surface area contributed by atoms with Gasteiger partial charge in [0.2, 0.25) is 0 Å². The molecule has 0 fully saturated rings. The van der Waals surface area contributed by atoms with Crippen molar-refractivity contribution in [1.29, 1.82) is 0 Å². The first-order valence-electron chi connectivity index (χ1n) is 7.12. The van der Waals surface area contributed by atoms with E-state index in [-0.39, 0.29) is 18.6 Å². The number of rotatable bonds is 4. The fraction of sp³-hybridized carbons (Fsp3) is 0.400. The number of carbonyl (C=O) groups excluding carboxylic acids is 1. The van der Waals surface area contributed by atoms with Gasteiger partial charge < -0.3 is 4.74 Å². The highest BCUT2D eigenvalue weighted by Gasteiger charge is 2.23. The van der Waals surface area contributed by atoms with E-state index in [1.165, 1.54) is 11.0 Å². The molecule has 0 saturated carbocycles. The zero-order chi connectivity index (χ0) is 16.9. The largest absolute Gasteiger partial charge is 0.444 e. The van der Waals surface area contributed by atoms with Gasteiger partial charge in [-0.1, -0.05) is 0 Å². The number of nitrogens with zero attached hydrogens (tertiary/aromatic N) is 4. The Kier molecular flexibility index (Phi) is 5.05. The van der Waals surface area contributed by atoms with Gasteiger partial charge in [-0.25, -0.2) is 19.9 Å². The van der Waals surface area contributed by atoms with E-state index in [1.54, 1.807) is 45.3 Å². The van der Waals surface area contributed by atoms with Gasteiger partial charge in [0.1, 0.15) is 11.4 Å². The lowest BCUT2D eigenvalue weighted by atomic mass is 10.2. The highest BCUT2D eigenvalue weighted by atomic mass is 16.6. The molecule has 2 rings (SSSR count). The summed E-state index contributed by atoms with van der Waals surface area (Å²) in [6, 6.07) is 4.61. The third-order valence-electron chi connectivity index (χ3n) is 2.69. The molecule has 0 radical (unpaired) electrons. The van der Waals surface area contributed by atoms with Crippen molar-refractivity contribution in [2.75, 3.05) is 0 Å². The Morgan fingerprint density at radius 3 is 2.48 bits per heavy atom. The average Bonchev–Trinajstić information content (AvgIpc) is 2.48. The quantitative estimate of drug-likeness (QED) is 0.917. The van der Waals surface area contributed by atoms with Crippen LogP contribution in [0.3, 0.4) is 0 Å². The summed E-state index contributed by atoms with van der Waals surface area (Å²) in [7, 11) is 0. The maximum Gasteiger partial charge on any atom is 0.411 e. The summed E-state index contributed by atoms with van der Waals surface area (Å²) in [6.45, 7) is 5.72. The monoisotopic (exact) mass is 317 g/mol. The maximum atomic E-state index is 12.4. The van der Waals surface area contributed by atoms with Gasteiger partial charge >= 0.3 is 6.09 Å². The SMILES string of the molecule is CC(C)(C)OC(=O)N(Cc1ccc(=O)[nH]n1)Cc1ncccn1. The second-order valence-corrected chi connectivity index (χ2v) is 5.91. The predicted molar refractivity (Wildman–Crippen MR) is 82.4 cm³/mol. The Balaban J connectivity index is 2.18. The molecule has 23 heavy (non-hydrogen) atoms. The second kappa shape index (κ2) is 6.99. The molecule has 8 nitrogen and oxygen atoms in total. The minimum atomic E-state index is -0.620. The molecule has 0 saturated heterocycles. The van der Waals surface area contributed by atoms with Crippen molar-refractivity contribution in [3.8, 4) is 0 Å². The number of hydrogen-bond acceptors (Lipinski definition) is 6. The van der Waals surface area contributed by atoms with Crippen molar-refractivity contribution < 1.29 is 9.53 Å². The third-order valence-corrected chi connectivity index (χ3v) is 2.69. The van der Waals surface area contributed by atoms with Crippen molar-refractivity contribution in [3.63, 3.8) is 0 Å². The molecule has 0 aliphatic rings. The van der Waals surface area contributed by atoms with Crippen LogP contribution in [-0.2, 0) is 17.8 Å². The van der Waals surface area contributed by atoms with Crippen LogP contribution in [0, 0.1) is 0 Å². The van der Waals surface area contributed by atoms with Gasteiger partial charge in [0.05, 0.1) is 18.8 Å². The van der Waals surface area contributed by atoms with Gasteiger partial charge in [0.15, 0.2) is 0 Å². The van der Waals surface area contributed by atoms with Crippen LogP contribution >= 0.6 is 0 Å². The van der Waals surface area contributed by atoms with E-state index < -0.39 is 11.7 Å². The summed E-state index contributed by atoms with van der Waals surface area (Å²) in [4.78, 5) is 33.1. The summed E-state index contributed by atoms with van der Waals surface area (Å²) in [5, 5.41) is 6.25. The smallest absolute Gasteiger partial charge is 0.411 e. The number of aromatic amines is 1. The van der Waals surface area contributed by atoms with E-state index in [9.17, 15) is 9.59 Å². The third kappa shape index (κ3) is 5.50. The lowest BCUT2D eigenvalue weighted by Crippen LogP contribution is -2.36. The molecular weight excluding hydrogens is 298 g/mol. The topological polar surface area (TPSA) is 101 Å². The van der Waals surface area contributed by atoms with E-state index in [1.807, 2.05) is 0 Å². The van der Waals surface area contributed by atoms with Crippen LogP contribution in [0.4, 0.5) is 4.79 Å². The van der Waals surface area contributed by atoms with Crippen molar-refractivity contribution >= 4 is 6.09 Å². The molecule has 0 aliphatic heterocycles. The molecule has 8 heteroatoms. The summed E-state index contributed by atoms with van der Waals surface area (Å²) in [5.74, 6) is 0.489. The molecule has 1 N–H and O–H groups in total. The van der Waals surface area contributed by atoms with Gasteiger partial charge in [-0.2, -0.15) is 5.10 Å². The molecule has 0 spiro atoms. The number of H-pyrrole nitrogens is 1. The molecule has 122 valence electrons. The summed E-state index contributed by atoms with van der Waals surface area (Å²) in [5.41, 5.74) is -0.388. The first kappa shape index (κ1) is 16.6. The van der Waals surface area contributed by atoms with Crippen LogP contribution in [0.15, 0.2) is 35.4 Å². The molecule has 0 aliphatic carbocycles. The highest BCUT2D eigenvalue weighted by molar-refractivity contribution is 5.68. The normalized spacial score (nSPS) is 11.1. The fourth-order valence-electron chi connectivity index (χ4n) is 1.75. The van der Waals surface area contributed by atoms with Crippen molar-refractivity contribution in [3.05, 3.63) is 52.5 Å². The molecule has 2 aromatic rings. The average molecular weight is 317 g/mol. The summed E-state index contributed by atoms with van der Waals surface area (Å²) < 4.78 is 5.40. The predicted octanol–water partition coefficient (Wildman–Crippen LogP) is 1.50. The van der Waals surface area contributed by atoms with E-state index in [0.717, 1.165) is 0 Å². The maximum absolute atomic E-state index is 12.4. The van der Waals surface area contributed by atoms with E-state index >= 15 is 0 Å². The number of hydrogen-bond donors (Lipinski definition) is 1. The second-order valence-electron chi connectivity index (χ2n) is 5.91. The zero-order valence-electron chi connectivity index (χ0n) is 13.3. The zero-order valence-corrected chi connectivity index (χ0v) is 13.3. The molecule has 0 aromatic carbocycles. The van der Waals surface area contributed by atoms with Crippen LogP contribution in [-0.4, -0.2) is 36.8 Å². The Morgan fingerprint density at radius 2 is 1.91 bits per heavy atom. The van der Waals surface area contributed by atoms with Gasteiger partial charge in [0, 0.05) is 18.5 Å². The van der Waals surface area contributed by atoms with Crippen LogP contribution in [0.25, 0.3) is 0 Å². The molecule has 0 unspecified atom stereocenters. The van der Waals surface area contributed by atoms with Gasteiger partial charge in [0.25, 0.3) is 5.56 Å². The molecule has 0 bridgehead atoms. The lowest BCUT2D eigenvalue weighted by molar-refractivity contribution is 0.0208. The van der Waals surface area contributed by atoms with Crippen molar-refractivity contribution in [2.24, 2.45) is 0 Å². The van der Waals surface area contributed by atoms with Gasteiger partial charge in [-0.05, 0) is 32.9 Å². The summed E-state index contributed by atoms with van der Waals surface area (Å²) in [6.07, 6.45) is 2.71. The number of aromatic nitrogens is 4. The van der Waals surface area contributed by atoms with Crippen molar-refractivity contribution in [1.82, 2.24) is 25.1 Å². The minimum Gasteiger partial charge on any atom is -0.444 e. The number of ether oxygens (including phenoxy) is 1. The standard InChI is InChI=1S/C15H19N5O3/c1-15(2,3)23-14(22)20(10-12-16-7-4-8-17-12)9-11-5-6-13(21)19-18-11/h4-8H,9-10H2,1-3H3,(H,19,21). The molecule has 2 aromatic heterocycles. The molecule has 2 heterocycles. The van der Waals surface area contributed by atoms with E-state index in [0.29, 0.717) is 11.5 Å². The highest BCUT2D eigenvalue weighted by Crippen LogP contribution is 2.13. The Hall–Kier alpha value is -2.77. The fourth-order valence-corrected chi connectivity index (χ4v) is 1.75.